The van der Waals surface area contributed by atoms with Crippen molar-refractivity contribution >= 4 is 45.2 Å². The summed E-state index contributed by atoms with van der Waals surface area (Å²) in [6.07, 6.45) is 0.223. The number of halogens is 1. The van der Waals surface area contributed by atoms with Gasteiger partial charge in [-0.05, 0) is 42.7 Å². The Morgan fingerprint density at radius 1 is 1.28 bits per heavy atom. The van der Waals surface area contributed by atoms with E-state index in [9.17, 15) is 14.9 Å². The molecule has 148 valence electrons. The molecule has 0 aliphatic carbocycles. The number of carbonyl (C=O) groups excluding carboxylic acids is 2. The summed E-state index contributed by atoms with van der Waals surface area (Å²) in [4.78, 5) is 24.7. The van der Waals surface area contributed by atoms with Crippen molar-refractivity contribution < 1.29 is 9.59 Å². The van der Waals surface area contributed by atoms with Crippen molar-refractivity contribution in [2.24, 2.45) is 0 Å². The molecule has 7 heteroatoms. The Morgan fingerprint density at radius 2 is 1.93 bits per heavy atom. The Labute approximate surface area is 182 Å². The molecule has 1 heterocycles. The Hall–Kier alpha value is -2.56. The highest BCUT2D eigenvalue weighted by molar-refractivity contribution is 9.10. The van der Waals surface area contributed by atoms with Crippen LogP contribution in [0, 0.1) is 25.2 Å². The minimum Gasteiger partial charge on any atom is -0.325 e. The van der Waals surface area contributed by atoms with Crippen LogP contribution in [-0.4, -0.2) is 17.6 Å². The normalized spacial score (nSPS) is 16.2. The number of thioether (sulfide) groups is 1. The first-order chi connectivity index (χ1) is 13.9. The van der Waals surface area contributed by atoms with E-state index in [-0.39, 0.29) is 29.9 Å². The maximum Gasteiger partial charge on any atom is 0.234 e. The van der Waals surface area contributed by atoms with Gasteiger partial charge in [-0.2, -0.15) is 5.26 Å². The lowest BCUT2D eigenvalue weighted by Gasteiger charge is -2.25. The zero-order valence-electron chi connectivity index (χ0n) is 16.1. The molecule has 0 bridgehead atoms. The van der Waals surface area contributed by atoms with E-state index in [1.54, 1.807) is 0 Å². The molecule has 1 aliphatic rings. The number of nitrogens with one attached hydrogen (secondary N) is 2. The van der Waals surface area contributed by atoms with Crippen molar-refractivity contribution in [3.63, 3.8) is 0 Å². The summed E-state index contributed by atoms with van der Waals surface area (Å²) >= 11 is 4.63. The first-order valence-corrected chi connectivity index (χ1v) is 10.9. The number of carbonyl (C=O) groups is 2. The molecular weight excluding hydrogens is 450 g/mol. The van der Waals surface area contributed by atoms with Crippen LogP contribution in [0.5, 0.6) is 0 Å². The summed E-state index contributed by atoms with van der Waals surface area (Å²) in [6.45, 7) is 3.87. The lowest BCUT2D eigenvalue weighted by Crippen LogP contribution is -2.31. The second kappa shape index (κ2) is 9.29. The molecule has 0 fully saturated rings. The molecule has 2 N–H and O–H groups in total. The maximum absolute atomic E-state index is 12.5. The minimum atomic E-state index is -0.295. The highest BCUT2D eigenvalue weighted by Crippen LogP contribution is 2.36. The van der Waals surface area contributed by atoms with E-state index in [0.29, 0.717) is 10.6 Å². The van der Waals surface area contributed by atoms with Crippen LogP contribution < -0.4 is 10.6 Å². The van der Waals surface area contributed by atoms with Crippen LogP contribution in [0.3, 0.4) is 0 Å². The van der Waals surface area contributed by atoms with Crippen molar-refractivity contribution in [1.29, 1.82) is 5.26 Å². The van der Waals surface area contributed by atoms with Crippen LogP contribution in [0.2, 0.25) is 0 Å². The second-order valence-electron chi connectivity index (χ2n) is 6.82. The molecule has 29 heavy (non-hydrogen) atoms. The van der Waals surface area contributed by atoms with Gasteiger partial charge in [0.15, 0.2) is 0 Å². The van der Waals surface area contributed by atoms with Gasteiger partial charge in [0, 0.05) is 22.5 Å². The zero-order valence-corrected chi connectivity index (χ0v) is 18.5. The molecule has 0 saturated heterocycles. The summed E-state index contributed by atoms with van der Waals surface area (Å²) in [6, 6.07) is 15.6. The van der Waals surface area contributed by atoms with Crippen LogP contribution in [-0.2, 0) is 9.59 Å². The molecule has 2 amide bonds. The second-order valence-corrected chi connectivity index (χ2v) is 8.72. The molecule has 0 saturated carbocycles. The first kappa shape index (κ1) is 21.2. The number of hydrogen-bond acceptors (Lipinski definition) is 4. The quantitative estimate of drug-likeness (QED) is 0.659. The SMILES string of the molecule is Cc1cc(Br)cc(C)c1NC(=O)CSC1=C(C#N)[C@@H](c2ccccc2)CC(=O)N1. The summed E-state index contributed by atoms with van der Waals surface area (Å²) < 4.78 is 0.959. The third-order valence-electron chi connectivity index (χ3n) is 4.67. The fourth-order valence-corrected chi connectivity index (χ4v) is 4.89. The standard InChI is InChI=1S/C22H20BrN3O2S/c1-13-8-16(23)9-14(2)21(13)25-20(28)12-29-22-18(11-24)17(10-19(27)26-22)15-6-4-3-5-7-15/h3-9,17H,10,12H2,1-2H3,(H,25,28)(H,26,27)/t17-/m1/s1. The molecule has 2 aromatic carbocycles. The van der Waals surface area contributed by atoms with E-state index in [4.69, 9.17) is 0 Å². The number of anilines is 1. The van der Waals surface area contributed by atoms with Crippen molar-refractivity contribution in [3.05, 3.63) is 74.2 Å². The summed E-state index contributed by atoms with van der Waals surface area (Å²) in [5, 5.41) is 15.9. The number of amides is 2. The summed E-state index contributed by atoms with van der Waals surface area (Å²) in [7, 11) is 0. The maximum atomic E-state index is 12.5. The van der Waals surface area contributed by atoms with Crippen LogP contribution in [0.4, 0.5) is 5.69 Å². The fraction of sp³-hybridized carbons (Fsp3) is 0.227. The lowest BCUT2D eigenvalue weighted by molar-refractivity contribution is -0.121. The van der Waals surface area contributed by atoms with E-state index < -0.39 is 0 Å². The molecule has 0 spiro atoms. The predicted octanol–water partition coefficient (Wildman–Crippen LogP) is 4.78. The average Bonchev–Trinajstić information content (AvgIpc) is 2.69. The van der Waals surface area contributed by atoms with Crippen LogP contribution in [0.15, 0.2) is 57.5 Å². The molecule has 1 atom stereocenters. The van der Waals surface area contributed by atoms with E-state index in [0.717, 1.165) is 26.9 Å². The average molecular weight is 470 g/mol. The lowest BCUT2D eigenvalue weighted by atomic mass is 9.87. The molecule has 5 nitrogen and oxygen atoms in total. The van der Waals surface area contributed by atoms with Crippen LogP contribution in [0.25, 0.3) is 0 Å². The number of nitriles is 1. The highest BCUT2D eigenvalue weighted by atomic mass is 79.9. The monoisotopic (exact) mass is 469 g/mol. The van der Waals surface area contributed by atoms with Crippen molar-refractivity contribution in [2.45, 2.75) is 26.2 Å². The molecule has 2 aromatic rings. The Bertz CT molecular complexity index is 1010. The van der Waals surface area contributed by atoms with E-state index in [1.165, 1.54) is 11.8 Å². The zero-order chi connectivity index (χ0) is 21.0. The Morgan fingerprint density at radius 3 is 2.55 bits per heavy atom. The third-order valence-corrected chi connectivity index (χ3v) is 6.14. The number of aryl methyl sites for hydroxylation is 2. The smallest absolute Gasteiger partial charge is 0.234 e. The third kappa shape index (κ3) is 5.08. The predicted molar refractivity (Wildman–Crippen MR) is 119 cm³/mol. The van der Waals surface area contributed by atoms with Crippen molar-refractivity contribution in [1.82, 2.24) is 5.32 Å². The summed E-state index contributed by atoms with van der Waals surface area (Å²) in [5.74, 6) is -0.543. The fourth-order valence-electron chi connectivity index (χ4n) is 3.32. The van der Waals surface area contributed by atoms with Crippen LogP contribution in [0.1, 0.15) is 29.0 Å². The summed E-state index contributed by atoms with van der Waals surface area (Å²) in [5.41, 5.74) is 4.11. The van der Waals surface area contributed by atoms with E-state index in [2.05, 4.69) is 32.6 Å². The number of hydrogen-bond donors (Lipinski definition) is 2. The van der Waals surface area contributed by atoms with Crippen molar-refractivity contribution in [2.75, 3.05) is 11.1 Å². The largest absolute Gasteiger partial charge is 0.325 e. The van der Waals surface area contributed by atoms with Gasteiger partial charge in [0.05, 0.1) is 22.4 Å². The Balaban J connectivity index is 1.76. The molecule has 0 radical (unpaired) electrons. The number of nitrogens with zero attached hydrogens (tertiary/aromatic N) is 1. The van der Waals surface area contributed by atoms with Gasteiger partial charge < -0.3 is 10.6 Å². The van der Waals surface area contributed by atoms with E-state index in [1.807, 2.05) is 56.3 Å². The molecular formula is C22H20BrN3O2S. The molecule has 0 unspecified atom stereocenters. The number of allylic oxidation sites excluding steroid dienone is 1. The van der Waals surface area contributed by atoms with E-state index >= 15 is 0 Å². The van der Waals surface area contributed by atoms with Gasteiger partial charge in [-0.15, -0.1) is 0 Å². The van der Waals surface area contributed by atoms with Gasteiger partial charge in [0.25, 0.3) is 0 Å². The Kier molecular flexibility index (Phi) is 6.78. The van der Waals surface area contributed by atoms with Gasteiger partial charge in [-0.1, -0.05) is 58.0 Å². The van der Waals surface area contributed by atoms with Gasteiger partial charge in [-0.25, -0.2) is 0 Å². The first-order valence-electron chi connectivity index (χ1n) is 9.07. The van der Waals surface area contributed by atoms with Gasteiger partial charge >= 0.3 is 0 Å². The van der Waals surface area contributed by atoms with Gasteiger partial charge in [0.2, 0.25) is 11.8 Å². The number of rotatable bonds is 5. The topological polar surface area (TPSA) is 82.0 Å². The minimum absolute atomic E-state index is 0.0945. The van der Waals surface area contributed by atoms with Gasteiger partial charge in [-0.3, -0.25) is 9.59 Å². The molecule has 1 aliphatic heterocycles. The highest BCUT2D eigenvalue weighted by Gasteiger charge is 2.29. The molecule has 3 rings (SSSR count). The van der Waals surface area contributed by atoms with Crippen LogP contribution >= 0.6 is 27.7 Å². The number of benzene rings is 2. The molecule has 0 aromatic heterocycles. The van der Waals surface area contributed by atoms with Gasteiger partial charge in [0.1, 0.15) is 0 Å². The van der Waals surface area contributed by atoms with Crippen molar-refractivity contribution in [3.8, 4) is 6.07 Å².